The second-order valence-electron chi connectivity index (χ2n) is 3.28. The van der Waals surface area contributed by atoms with E-state index in [1.807, 2.05) is 0 Å². The summed E-state index contributed by atoms with van der Waals surface area (Å²) in [5.41, 5.74) is 1.76. The van der Waals surface area contributed by atoms with E-state index in [1.165, 1.54) is 19.2 Å². The minimum Gasteiger partial charge on any atom is -0.478 e. The van der Waals surface area contributed by atoms with Crippen LogP contribution < -0.4 is 4.74 Å². The Hall–Kier alpha value is -2.24. The van der Waals surface area contributed by atoms with Gasteiger partial charge in [-0.15, -0.1) is 10.2 Å². The van der Waals surface area contributed by atoms with Gasteiger partial charge in [-0.2, -0.15) is 0 Å². The van der Waals surface area contributed by atoms with Gasteiger partial charge < -0.3 is 4.74 Å². The SMILES string of the molecule is COc1nc2cc(F)ccc2n2cnnc12. The molecule has 5 nitrogen and oxygen atoms in total. The van der Waals surface area contributed by atoms with Crippen molar-refractivity contribution >= 4 is 16.7 Å². The van der Waals surface area contributed by atoms with Gasteiger partial charge in [0.25, 0.3) is 5.88 Å². The summed E-state index contributed by atoms with van der Waals surface area (Å²) in [6.07, 6.45) is 1.54. The number of benzene rings is 1. The molecule has 0 fully saturated rings. The number of hydrogen-bond acceptors (Lipinski definition) is 4. The standard InChI is InChI=1S/C10H7FN4O/c1-16-10-9-14-12-5-15(9)8-3-2-6(11)4-7(8)13-10/h2-5H,1H3. The molecule has 0 amide bonds. The van der Waals surface area contributed by atoms with Crippen LogP contribution in [-0.4, -0.2) is 26.7 Å². The summed E-state index contributed by atoms with van der Waals surface area (Å²) in [5, 5.41) is 7.68. The highest BCUT2D eigenvalue weighted by Crippen LogP contribution is 2.21. The van der Waals surface area contributed by atoms with Crippen molar-refractivity contribution in [2.75, 3.05) is 7.11 Å². The molecule has 0 saturated heterocycles. The van der Waals surface area contributed by atoms with Gasteiger partial charge in [0.15, 0.2) is 0 Å². The summed E-state index contributed by atoms with van der Waals surface area (Å²) in [4.78, 5) is 4.17. The predicted octanol–water partition coefficient (Wildman–Crippen LogP) is 1.43. The van der Waals surface area contributed by atoms with Gasteiger partial charge in [-0.1, -0.05) is 0 Å². The molecule has 0 spiro atoms. The predicted molar refractivity (Wildman–Crippen MR) is 54.8 cm³/mol. The van der Waals surface area contributed by atoms with E-state index in [0.717, 1.165) is 5.52 Å². The van der Waals surface area contributed by atoms with Crippen LogP contribution in [0.1, 0.15) is 0 Å². The number of halogens is 1. The molecule has 80 valence electrons. The first kappa shape index (κ1) is 9.02. The fourth-order valence-corrected chi connectivity index (χ4v) is 1.64. The highest BCUT2D eigenvalue weighted by Gasteiger charge is 2.10. The maximum Gasteiger partial charge on any atom is 0.260 e. The summed E-state index contributed by atoms with van der Waals surface area (Å²) in [6.45, 7) is 0. The van der Waals surface area contributed by atoms with E-state index >= 15 is 0 Å². The van der Waals surface area contributed by atoms with Crippen molar-refractivity contribution in [3.8, 4) is 5.88 Å². The fourth-order valence-electron chi connectivity index (χ4n) is 1.64. The van der Waals surface area contributed by atoms with Gasteiger partial charge in [-0.05, 0) is 12.1 Å². The van der Waals surface area contributed by atoms with Crippen LogP contribution in [0, 0.1) is 5.82 Å². The molecule has 6 heteroatoms. The Balaban J connectivity index is 2.53. The number of rotatable bonds is 1. The second-order valence-corrected chi connectivity index (χ2v) is 3.28. The summed E-state index contributed by atoms with van der Waals surface area (Å²) in [5.74, 6) is -0.00919. The van der Waals surface area contributed by atoms with Gasteiger partial charge in [-0.3, -0.25) is 4.40 Å². The minimum atomic E-state index is -0.338. The van der Waals surface area contributed by atoms with Crippen molar-refractivity contribution in [3.63, 3.8) is 0 Å². The number of hydrogen-bond donors (Lipinski definition) is 0. The molecule has 0 aliphatic heterocycles. The maximum absolute atomic E-state index is 13.1. The maximum atomic E-state index is 13.1. The highest BCUT2D eigenvalue weighted by molar-refractivity contribution is 5.79. The van der Waals surface area contributed by atoms with E-state index in [2.05, 4.69) is 15.2 Å². The fraction of sp³-hybridized carbons (Fsp3) is 0.100. The third-order valence-corrected chi connectivity index (χ3v) is 2.35. The van der Waals surface area contributed by atoms with Crippen LogP contribution in [0.4, 0.5) is 4.39 Å². The summed E-state index contributed by atoms with van der Waals surface area (Å²) in [6, 6.07) is 4.35. The average molecular weight is 218 g/mol. The van der Waals surface area contributed by atoms with Crippen LogP contribution in [0.5, 0.6) is 5.88 Å². The molecule has 2 heterocycles. The van der Waals surface area contributed by atoms with Crippen molar-refractivity contribution in [1.29, 1.82) is 0 Å². The lowest BCUT2D eigenvalue weighted by molar-refractivity contribution is 0.402. The van der Waals surface area contributed by atoms with E-state index in [0.29, 0.717) is 17.0 Å². The molecule has 3 rings (SSSR count). The van der Waals surface area contributed by atoms with Crippen molar-refractivity contribution in [2.45, 2.75) is 0 Å². The number of methoxy groups -OCH3 is 1. The molecule has 0 saturated carbocycles. The number of nitrogens with zero attached hydrogens (tertiary/aromatic N) is 4. The van der Waals surface area contributed by atoms with E-state index in [-0.39, 0.29) is 5.82 Å². The van der Waals surface area contributed by atoms with E-state index in [1.54, 1.807) is 16.8 Å². The number of fused-ring (bicyclic) bond motifs is 3. The Labute approximate surface area is 89.5 Å². The van der Waals surface area contributed by atoms with Crippen LogP contribution in [0.25, 0.3) is 16.7 Å². The van der Waals surface area contributed by atoms with Gasteiger partial charge >= 0.3 is 0 Å². The van der Waals surface area contributed by atoms with Gasteiger partial charge in [0, 0.05) is 6.07 Å². The molecule has 0 aliphatic carbocycles. The topological polar surface area (TPSA) is 52.3 Å². The van der Waals surface area contributed by atoms with Crippen LogP contribution in [0.3, 0.4) is 0 Å². The Morgan fingerprint density at radius 1 is 1.38 bits per heavy atom. The Kier molecular flexibility index (Phi) is 1.76. The summed E-state index contributed by atoms with van der Waals surface area (Å²) >= 11 is 0. The van der Waals surface area contributed by atoms with Crippen molar-refractivity contribution in [3.05, 3.63) is 30.3 Å². The molecular weight excluding hydrogens is 211 g/mol. The lowest BCUT2D eigenvalue weighted by Gasteiger charge is -2.04. The molecule has 3 aromatic rings. The molecule has 1 aromatic carbocycles. The van der Waals surface area contributed by atoms with E-state index < -0.39 is 0 Å². The molecule has 0 bridgehead atoms. The minimum absolute atomic E-state index is 0.329. The zero-order valence-corrected chi connectivity index (χ0v) is 8.38. The number of aromatic nitrogens is 4. The quantitative estimate of drug-likeness (QED) is 0.620. The molecule has 2 aromatic heterocycles. The molecule has 0 unspecified atom stereocenters. The Morgan fingerprint density at radius 2 is 2.25 bits per heavy atom. The third kappa shape index (κ3) is 1.13. The van der Waals surface area contributed by atoms with Gasteiger partial charge in [-0.25, -0.2) is 9.37 Å². The lowest BCUT2D eigenvalue weighted by Crippen LogP contribution is -1.96. The van der Waals surface area contributed by atoms with Crippen molar-refractivity contribution in [1.82, 2.24) is 19.6 Å². The summed E-state index contributed by atoms with van der Waals surface area (Å²) < 4.78 is 19.9. The molecular formula is C10H7FN4O. The first-order chi connectivity index (χ1) is 7.79. The molecule has 0 N–H and O–H groups in total. The van der Waals surface area contributed by atoms with Crippen LogP contribution in [0.15, 0.2) is 24.5 Å². The average Bonchev–Trinajstić information content (AvgIpc) is 2.76. The van der Waals surface area contributed by atoms with Crippen molar-refractivity contribution in [2.24, 2.45) is 0 Å². The Morgan fingerprint density at radius 3 is 3.06 bits per heavy atom. The highest BCUT2D eigenvalue weighted by atomic mass is 19.1. The zero-order chi connectivity index (χ0) is 11.1. The van der Waals surface area contributed by atoms with Gasteiger partial charge in [0.05, 0.1) is 18.1 Å². The molecule has 16 heavy (non-hydrogen) atoms. The third-order valence-electron chi connectivity index (χ3n) is 2.35. The zero-order valence-electron chi connectivity index (χ0n) is 8.38. The first-order valence-corrected chi connectivity index (χ1v) is 4.62. The van der Waals surface area contributed by atoms with Crippen molar-refractivity contribution < 1.29 is 9.13 Å². The normalized spacial score (nSPS) is 11.1. The van der Waals surface area contributed by atoms with E-state index in [4.69, 9.17) is 4.74 Å². The smallest absolute Gasteiger partial charge is 0.260 e. The summed E-state index contributed by atoms with van der Waals surface area (Å²) in [7, 11) is 1.49. The number of ether oxygens (including phenoxy) is 1. The van der Waals surface area contributed by atoms with Crippen LogP contribution >= 0.6 is 0 Å². The lowest BCUT2D eigenvalue weighted by atomic mass is 10.3. The Bertz CT molecular complexity index is 679. The van der Waals surface area contributed by atoms with Crippen LogP contribution in [0.2, 0.25) is 0 Å². The molecule has 0 aliphatic rings. The molecule has 0 atom stereocenters. The monoisotopic (exact) mass is 218 g/mol. The van der Waals surface area contributed by atoms with Gasteiger partial charge in [0.2, 0.25) is 5.65 Å². The van der Waals surface area contributed by atoms with E-state index in [9.17, 15) is 4.39 Å². The molecule has 0 radical (unpaired) electrons. The largest absolute Gasteiger partial charge is 0.478 e. The van der Waals surface area contributed by atoms with Gasteiger partial charge in [0.1, 0.15) is 12.1 Å². The van der Waals surface area contributed by atoms with Crippen LogP contribution in [-0.2, 0) is 0 Å². The first-order valence-electron chi connectivity index (χ1n) is 4.62. The second kappa shape index (κ2) is 3.13.